The predicted molar refractivity (Wildman–Crippen MR) is 85.7 cm³/mol. The van der Waals surface area contributed by atoms with Crippen LogP contribution in [-0.4, -0.2) is 52.8 Å². The van der Waals surface area contributed by atoms with Crippen molar-refractivity contribution >= 4 is 17.8 Å². The highest BCUT2D eigenvalue weighted by Crippen LogP contribution is 2.33. The van der Waals surface area contributed by atoms with Crippen LogP contribution in [0, 0.1) is 0 Å². The van der Waals surface area contributed by atoms with Crippen molar-refractivity contribution in [2.24, 2.45) is 0 Å². The maximum Gasteiger partial charge on any atom is 0.325 e. The molecule has 0 aromatic rings. The Labute approximate surface area is 137 Å². The molecule has 4 amide bonds. The van der Waals surface area contributed by atoms with Crippen molar-refractivity contribution in [1.29, 1.82) is 0 Å². The van der Waals surface area contributed by atoms with Gasteiger partial charge in [-0.2, -0.15) is 0 Å². The Hall–Kier alpha value is -1.59. The Kier molecular flexibility index (Phi) is 4.60. The molecule has 1 saturated heterocycles. The predicted octanol–water partition coefficient (Wildman–Crippen LogP) is 2.03. The summed E-state index contributed by atoms with van der Waals surface area (Å²) in [4.78, 5) is 40.2. The van der Waals surface area contributed by atoms with Crippen molar-refractivity contribution in [3.8, 4) is 0 Å². The highest BCUT2D eigenvalue weighted by atomic mass is 16.2. The average Bonchev–Trinajstić information content (AvgIpc) is 3.15. The average molecular weight is 321 g/mol. The third-order valence-corrected chi connectivity index (χ3v) is 5.77. The van der Waals surface area contributed by atoms with Gasteiger partial charge in [0.1, 0.15) is 5.54 Å². The van der Waals surface area contributed by atoms with E-state index < -0.39 is 5.54 Å². The zero-order valence-electron chi connectivity index (χ0n) is 14.0. The van der Waals surface area contributed by atoms with Gasteiger partial charge in [-0.05, 0) is 25.7 Å². The Morgan fingerprint density at radius 1 is 1.17 bits per heavy atom. The van der Waals surface area contributed by atoms with Crippen LogP contribution < -0.4 is 5.32 Å². The number of nitrogens with zero attached hydrogens (tertiary/aromatic N) is 2. The summed E-state index contributed by atoms with van der Waals surface area (Å²) in [6, 6.07) is 0.00325. The van der Waals surface area contributed by atoms with Crippen LogP contribution in [-0.2, 0) is 9.59 Å². The Bertz CT molecular complexity index is 493. The molecular weight excluding hydrogens is 294 g/mol. The minimum absolute atomic E-state index is 0.0297. The molecule has 23 heavy (non-hydrogen) atoms. The number of hydrogen-bond acceptors (Lipinski definition) is 3. The number of rotatable bonds is 4. The highest BCUT2D eigenvalue weighted by molar-refractivity contribution is 6.07. The van der Waals surface area contributed by atoms with Gasteiger partial charge < -0.3 is 10.2 Å². The normalized spacial score (nSPS) is 24.3. The maximum absolute atomic E-state index is 12.6. The maximum atomic E-state index is 12.6. The first-order valence-electron chi connectivity index (χ1n) is 8.93. The molecule has 0 aromatic carbocycles. The monoisotopic (exact) mass is 321 g/mol. The molecule has 3 fully saturated rings. The van der Waals surface area contributed by atoms with Gasteiger partial charge in [0.25, 0.3) is 5.91 Å². The number of hydrogen-bond donors (Lipinski definition) is 1. The highest BCUT2D eigenvalue weighted by Gasteiger charge is 2.51. The molecule has 6 nitrogen and oxygen atoms in total. The van der Waals surface area contributed by atoms with Crippen LogP contribution in [0.25, 0.3) is 0 Å². The number of carbonyl (C=O) groups is 3. The number of imide groups is 1. The molecule has 0 atom stereocenters. The molecule has 0 unspecified atom stereocenters. The van der Waals surface area contributed by atoms with Gasteiger partial charge in [-0.1, -0.05) is 32.1 Å². The largest absolute Gasteiger partial charge is 0.343 e. The SMILES string of the molecule is CN(C(=O)CCN1C(=O)NC2(CCCCC2)C1=O)C1CCCC1. The Morgan fingerprint density at radius 3 is 2.48 bits per heavy atom. The first kappa shape index (κ1) is 16.3. The lowest BCUT2D eigenvalue weighted by molar-refractivity contribution is -0.134. The van der Waals surface area contributed by atoms with E-state index in [1.165, 1.54) is 17.7 Å². The van der Waals surface area contributed by atoms with E-state index in [2.05, 4.69) is 5.32 Å². The molecule has 1 heterocycles. The molecule has 0 radical (unpaired) electrons. The molecule has 1 spiro atoms. The van der Waals surface area contributed by atoms with Crippen molar-refractivity contribution in [2.45, 2.75) is 75.8 Å². The van der Waals surface area contributed by atoms with Crippen molar-refractivity contribution in [3.63, 3.8) is 0 Å². The van der Waals surface area contributed by atoms with Crippen LogP contribution in [0.1, 0.15) is 64.2 Å². The molecule has 1 aliphatic heterocycles. The molecule has 3 rings (SSSR count). The lowest BCUT2D eigenvalue weighted by atomic mass is 9.82. The van der Waals surface area contributed by atoms with Crippen molar-refractivity contribution in [3.05, 3.63) is 0 Å². The minimum Gasteiger partial charge on any atom is -0.343 e. The van der Waals surface area contributed by atoms with Crippen LogP contribution in [0.2, 0.25) is 0 Å². The molecule has 3 aliphatic rings. The quantitative estimate of drug-likeness (QED) is 0.806. The van der Waals surface area contributed by atoms with E-state index in [0.29, 0.717) is 6.04 Å². The zero-order chi connectivity index (χ0) is 16.4. The number of carbonyl (C=O) groups excluding carboxylic acids is 3. The molecule has 6 heteroatoms. The fourth-order valence-corrected chi connectivity index (χ4v) is 4.25. The summed E-state index contributed by atoms with van der Waals surface area (Å²) < 4.78 is 0. The summed E-state index contributed by atoms with van der Waals surface area (Å²) in [5, 5.41) is 2.89. The van der Waals surface area contributed by atoms with E-state index in [1.807, 2.05) is 11.9 Å². The summed E-state index contributed by atoms with van der Waals surface area (Å²) in [5.41, 5.74) is -0.685. The van der Waals surface area contributed by atoms with Crippen LogP contribution in [0.15, 0.2) is 0 Å². The van der Waals surface area contributed by atoms with Gasteiger partial charge in [0.15, 0.2) is 0 Å². The van der Waals surface area contributed by atoms with E-state index in [9.17, 15) is 14.4 Å². The van der Waals surface area contributed by atoms with Crippen LogP contribution >= 0.6 is 0 Å². The topological polar surface area (TPSA) is 69.7 Å². The van der Waals surface area contributed by atoms with Gasteiger partial charge in [0.2, 0.25) is 5.91 Å². The summed E-state index contributed by atoms with van der Waals surface area (Å²) in [5.74, 6) is -0.0967. The van der Waals surface area contributed by atoms with Gasteiger partial charge >= 0.3 is 6.03 Å². The fraction of sp³-hybridized carbons (Fsp3) is 0.824. The van der Waals surface area contributed by atoms with Gasteiger partial charge in [-0.25, -0.2) is 4.79 Å². The standard InChI is InChI=1S/C17H27N3O3/c1-19(13-7-3-4-8-13)14(21)9-12-20-15(22)17(18-16(20)23)10-5-2-6-11-17/h13H,2-12H2,1H3,(H,18,23). The van der Waals surface area contributed by atoms with Crippen molar-refractivity contribution in [1.82, 2.24) is 15.1 Å². The van der Waals surface area contributed by atoms with Gasteiger partial charge in [0.05, 0.1) is 0 Å². The van der Waals surface area contributed by atoms with Crippen LogP contribution in [0.5, 0.6) is 0 Å². The molecule has 128 valence electrons. The lowest BCUT2D eigenvalue weighted by Crippen LogP contribution is -2.48. The van der Waals surface area contributed by atoms with E-state index in [1.54, 1.807) is 0 Å². The van der Waals surface area contributed by atoms with Gasteiger partial charge in [-0.15, -0.1) is 0 Å². The molecular formula is C17H27N3O3. The van der Waals surface area contributed by atoms with Crippen LogP contribution in [0.3, 0.4) is 0 Å². The molecule has 1 N–H and O–H groups in total. The van der Waals surface area contributed by atoms with Crippen LogP contribution in [0.4, 0.5) is 4.79 Å². The number of urea groups is 1. The first-order valence-corrected chi connectivity index (χ1v) is 8.93. The van der Waals surface area contributed by atoms with Crippen molar-refractivity contribution in [2.75, 3.05) is 13.6 Å². The summed E-state index contributed by atoms with van der Waals surface area (Å²) in [7, 11) is 1.84. The van der Waals surface area contributed by atoms with Crippen molar-refractivity contribution < 1.29 is 14.4 Å². The number of nitrogens with one attached hydrogen (secondary N) is 1. The summed E-state index contributed by atoms with van der Waals surface area (Å²) in [6.07, 6.45) is 9.23. The molecule has 2 saturated carbocycles. The molecule has 2 aliphatic carbocycles. The second-order valence-corrected chi connectivity index (χ2v) is 7.22. The molecule has 0 bridgehead atoms. The first-order chi connectivity index (χ1) is 11.0. The van der Waals surface area contributed by atoms with E-state index in [0.717, 1.165) is 44.9 Å². The Balaban J connectivity index is 1.56. The lowest BCUT2D eigenvalue weighted by Gasteiger charge is -2.30. The van der Waals surface area contributed by atoms with E-state index >= 15 is 0 Å². The second-order valence-electron chi connectivity index (χ2n) is 7.22. The number of amides is 4. The van der Waals surface area contributed by atoms with Gasteiger partial charge in [-0.3, -0.25) is 14.5 Å². The Morgan fingerprint density at radius 2 is 1.83 bits per heavy atom. The molecule has 0 aromatic heterocycles. The second kappa shape index (κ2) is 6.49. The zero-order valence-corrected chi connectivity index (χ0v) is 14.0. The third kappa shape index (κ3) is 3.08. The minimum atomic E-state index is -0.685. The summed E-state index contributed by atoms with van der Waals surface area (Å²) >= 11 is 0. The van der Waals surface area contributed by atoms with Gasteiger partial charge in [0, 0.05) is 26.1 Å². The summed E-state index contributed by atoms with van der Waals surface area (Å²) in [6.45, 7) is 0.197. The van der Waals surface area contributed by atoms with E-state index in [4.69, 9.17) is 0 Å². The smallest absolute Gasteiger partial charge is 0.325 e. The van der Waals surface area contributed by atoms with E-state index in [-0.39, 0.29) is 30.8 Å². The fourth-order valence-electron chi connectivity index (χ4n) is 4.25. The third-order valence-electron chi connectivity index (χ3n) is 5.77.